The van der Waals surface area contributed by atoms with E-state index >= 15 is 0 Å². The van der Waals surface area contributed by atoms with Crippen molar-refractivity contribution < 1.29 is 18.0 Å². The average molecular weight is 460 g/mol. The molecular formula is C19H14BrN3O4S. The number of fused-ring (bicyclic) bond motifs is 1. The molecular weight excluding hydrogens is 446 g/mol. The lowest BCUT2D eigenvalue weighted by Gasteiger charge is -2.08. The van der Waals surface area contributed by atoms with Crippen LogP contribution in [0.15, 0.2) is 69.0 Å². The summed E-state index contributed by atoms with van der Waals surface area (Å²) in [6, 6.07) is 13.2. The van der Waals surface area contributed by atoms with Crippen molar-refractivity contribution in [2.24, 2.45) is 0 Å². The Kier molecular flexibility index (Phi) is 4.45. The van der Waals surface area contributed by atoms with E-state index < -0.39 is 10.0 Å². The van der Waals surface area contributed by atoms with Crippen molar-refractivity contribution in [1.82, 2.24) is 15.4 Å². The second-order valence-electron chi connectivity index (χ2n) is 6.15. The SMILES string of the molecule is CNS(=O)(=O)c1ccc(C2=C3C(=O)NC(c4ccc(Br)cc4)=C3C(=O)N2)cc1. The molecule has 3 N–H and O–H groups in total. The minimum absolute atomic E-state index is 0.0934. The highest BCUT2D eigenvalue weighted by molar-refractivity contribution is 9.10. The van der Waals surface area contributed by atoms with Gasteiger partial charge in [-0.05, 0) is 42.4 Å². The zero-order chi connectivity index (χ0) is 20.1. The van der Waals surface area contributed by atoms with Crippen LogP contribution in [0, 0.1) is 0 Å². The van der Waals surface area contributed by atoms with Crippen molar-refractivity contribution in [3.8, 4) is 0 Å². The van der Waals surface area contributed by atoms with Crippen LogP contribution in [0.4, 0.5) is 0 Å². The molecule has 0 bridgehead atoms. The number of rotatable bonds is 4. The monoisotopic (exact) mass is 459 g/mol. The summed E-state index contributed by atoms with van der Waals surface area (Å²) in [5.41, 5.74) is 2.61. The maximum atomic E-state index is 12.6. The fourth-order valence-electron chi connectivity index (χ4n) is 3.15. The van der Waals surface area contributed by atoms with Crippen LogP contribution < -0.4 is 15.4 Å². The number of sulfonamides is 1. The Morgan fingerprint density at radius 3 is 1.64 bits per heavy atom. The summed E-state index contributed by atoms with van der Waals surface area (Å²) in [5, 5.41) is 5.50. The second kappa shape index (κ2) is 6.69. The van der Waals surface area contributed by atoms with E-state index in [1.807, 2.05) is 12.1 Å². The molecule has 7 nitrogen and oxygen atoms in total. The van der Waals surface area contributed by atoms with Gasteiger partial charge in [0.1, 0.15) is 0 Å². The Hall–Kier alpha value is -2.75. The molecule has 0 unspecified atom stereocenters. The number of carbonyl (C=O) groups is 2. The van der Waals surface area contributed by atoms with Crippen LogP contribution in [0.2, 0.25) is 0 Å². The zero-order valence-corrected chi connectivity index (χ0v) is 16.9. The summed E-state index contributed by atoms with van der Waals surface area (Å²) >= 11 is 3.36. The molecule has 2 aliphatic heterocycles. The molecule has 0 saturated heterocycles. The van der Waals surface area contributed by atoms with Crippen molar-refractivity contribution in [2.45, 2.75) is 4.90 Å². The van der Waals surface area contributed by atoms with Crippen LogP contribution in [-0.4, -0.2) is 27.3 Å². The summed E-state index contributed by atoms with van der Waals surface area (Å²) < 4.78 is 26.9. The Morgan fingerprint density at radius 2 is 1.21 bits per heavy atom. The van der Waals surface area contributed by atoms with Crippen molar-refractivity contribution in [3.63, 3.8) is 0 Å². The van der Waals surface area contributed by atoms with Crippen LogP contribution in [0.25, 0.3) is 11.4 Å². The number of carbonyl (C=O) groups excluding carboxylic acids is 2. The Bertz CT molecular complexity index is 1180. The van der Waals surface area contributed by atoms with E-state index in [1.54, 1.807) is 24.3 Å². The molecule has 2 amide bonds. The van der Waals surface area contributed by atoms with Gasteiger partial charge in [0.2, 0.25) is 10.0 Å². The van der Waals surface area contributed by atoms with Gasteiger partial charge >= 0.3 is 0 Å². The first-order valence-electron chi connectivity index (χ1n) is 8.23. The molecule has 0 aromatic heterocycles. The third-order valence-corrected chi connectivity index (χ3v) is 6.49. The minimum Gasteiger partial charge on any atom is -0.321 e. The molecule has 0 atom stereocenters. The Morgan fingerprint density at radius 1 is 0.786 bits per heavy atom. The molecule has 9 heteroatoms. The molecule has 142 valence electrons. The summed E-state index contributed by atoms with van der Waals surface area (Å²) in [5.74, 6) is -0.763. The molecule has 0 aliphatic carbocycles. The lowest BCUT2D eigenvalue weighted by atomic mass is 10.0. The first-order chi connectivity index (χ1) is 13.3. The predicted molar refractivity (Wildman–Crippen MR) is 107 cm³/mol. The fraction of sp³-hybridized carbons (Fsp3) is 0.0526. The fourth-order valence-corrected chi connectivity index (χ4v) is 4.14. The van der Waals surface area contributed by atoms with E-state index in [2.05, 4.69) is 31.3 Å². The topological polar surface area (TPSA) is 104 Å². The highest BCUT2D eigenvalue weighted by Crippen LogP contribution is 2.37. The highest BCUT2D eigenvalue weighted by atomic mass is 79.9. The van der Waals surface area contributed by atoms with E-state index in [4.69, 9.17) is 0 Å². The Labute approximate surface area is 169 Å². The van der Waals surface area contributed by atoms with Gasteiger partial charge in [0.25, 0.3) is 11.8 Å². The maximum absolute atomic E-state index is 12.6. The van der Waals surface area contributed by atoms with Gasteiger partial charge in [-0.25, -0.2) is 13.1 Å². The van der Waals surface area contributed by atoms with Crippen LogP contribution in [0.5, 0.6) is 0 Å². The largest absolute Gasteiger partial charge is 0.321 e. The van der Waals surface area contributed by atoms with Gasteiger partial charge in [0.05, 0.1) is 27.4 Å². The lowest BCUT2D eigenvalue weighted by Crippen LogP contribution is -2.21. The van der Waals surface area contributed by atoms with Gasteiger partial charge < -0.3 is 10.6 Å². The van der Waals surface area contributed by atoms with Crippen LogP contribution in [-0.2, 0) is 19.6 Å². The van der Waals surface area contributed by atoms with Gasteiger partial charge in [0, 0.05) is 4.47 Å². The van der Waals surface area contributed by atoms with Crippen molar-refractivity contribution in [2.75, 3.05) is 7.05 Å². The molecule has 4 rings (SSSR count). The molecule has 2 heterocycles. The van der Waals surface area contributed by atoms with E-state index in [9.17, 15) is 18.0 Å². The number of benzene rings is 2. The predicted octanol–water partition coefficient (Wildman–Crippen LogP) is 1.74. The first-order valence-corrected chi connectivity index (χ1v) is 10.5. The standard InChI is InChI=1S/C19H14BrN3O4S/c1-21-28(26,27)13-8-4-11(5-9-13)17-15-14(18(24)23-17)16(22-19(15)25)10-2-6-12(20)7-3-10/h2-9,21H,1H3,(H,22,25)(H,23,24). The normalized spacial score (nSPS) is 16.4. The number of hydrogen-bond donors (Lipinski definition) is 3. The smallest absolute Gasteiger partial charge is 0.258 e. The number of hydrogen-bond acceptors (Lipinski definition) is 4. The van der Waals surface area contributed by atoms with Gasteiger partial charge in [-0.15, -0.1) is 0 Å². The van der Waals surface area contributed by atoms with Gasteiger partial charge in [-0.1, -0.05) is 40.2 Å². The first kappa shape index (κ1) is 18.6. The summed E-state index contributed by atoms with van der Waals surface area (Å²) in [6.07, 6.45) is 0. The van der Waals surface area contributed by atoms with E-state index in [0.29, 0.717) is 22.5 Å². The minimum atomic E-state index is -3.57. The highest BCUT2D eigenvalue weighted by Gasteiger charge is 2.40. The Balaban J connectivity index is 1.81. The average Bonchev–Trinajstić information content (AvgIpc) is 3.21. The second-order valence-corrected chi connectivity index (χ2v) is 8.95. The molecule has 2 aromatic rings. The van der Waals surface area contributed by atoms with Crippen LogP contribution in [0.3, 0.4) is 0 Å². The van der Waals surface area contributed by atoms with E-state index in [0.717, 1.165) is 4.47 Å². The summed E-state index contributed by atoms with van der Waals surface area (Å²) in [4.78, 5) is 25.3. The number of halogens is 1. The van der Waals surface area contributed by atoms with Gasteiger partial charge in [-0.2, -0.15) is 0 Å². The molecule has 0 fully saturated rings. The third kappa shape index (κ3) is 2.97. The number of nitrogens with one attached hydrogen (secondary N) is 3. The summed E-state index contributed by atoms with van der Waals surface area (Å²) in [6.45, 7) is 0. The molecule has 0 radical (unpaired) electrons. The van der Waals surface area contributed by atoms with Crippen LogP contribution >= 0.6 is 15.9 Å². The lowest BCUT2D eigenvalue weighted by molar-refractivity contribution is -0.117. The maximum Gasteiger partial charge on any atom is 0.258 e. The van der Waals surface area contributed by atoms with Gasteiger partial charge in [0.15, 0.2) is 0 Å². The van der Waals surface area contributed by atoms with Crippen molar-refractivity contribution in [1.29, 1.82) is 0 Å². The quantitative estimate of drug-likeness (QED) is 0.647. The summed E-state index contributed by atoms with van der Waals surface area (Å²) in [7, 11) is -2.24. The van der Waals surface area contributed by atoms with E-state index in [-0.39, 0.29) is 27.9 Å². The van der Waals surface area contributed by atoms with Crippen molar-refractivity contribution >= 4 is 49.2 Å². The molecule has 0 spiro atoms. The zero-order valence-electron chi connectivity index (χ0n) is 14.5. The van der Waals surface area contributed by atoms with Crippen LogP contribution in [0.1, 0.15) is 11.1 Å². The van der Waals surface area contributed by atoms with E-state index in [1.165, 1.54) is 19.2 Å². The van der Waals surface area contributed by atoms with Gasteiger partial charge in [-0.3, -0.25) is 9.59 Å². The third-order valence-electron chi connectivity index (χ3n) is 4.54. The molecule has 2 aliphatic rings. The number of amides is 2. The molecule has 2 aromatic carbocycles. The molecule has 28 heavy (non-hydrogen) atoms. The molecule has 0 saturated carbocycles. The van der Waals surface area contributed by atoms with Crippen molar-refractivity contribution in [3.05, 3.63) is 75.3 Å².